The summed E-state index contributed by atoms with van der Waals surface area (Å²) >= 11 is 0. The number of nitrogens with zero attached hydrogens (tertiary/aromatic N) is 4. The Morgan fingerprint density at radius 2 is 1.76 bits per heavy atom. The lowest BCUT2D eigenvalue weighted by molar-refractivity contribution is 0.0563. The van der Waals surface area contributed by atoms with E-state index in [9.17, 15) is 14.4 Å². The van der Waals surface area contributed by atoms with E-state index >= 15 is 0 Å². The van der Waals surface area contributed by atoms with Crippen LogP contribution in [0.1, 0.15) is 69.6 Å². The molecule has 0 aliphatic rings. The number of nitrogens with one attached hydrogen (secondary N) is 3. The second kappa shape index (κ2) is 14.5. The van der Waals surface area contributed by atoms with Crippen molar-refractivity contribution in [3.05, 3.63) is 59.9 Å². The monoisotopic (exact) mass is 616 g/mol. The summed E-state index contributed by atoms with van der Waals surface area (Å²) in [6.45, 7) is 8.41. The number of fused-ring (bicyclic) bond motifs is 3. The zero-order valence-corrected chi connectivity index (χ0v) is 26.0. The number of carbonyl (C=O) groups excluding carboxylic acids is 2. The number of para-hydroxylation sites is 1. The van der Waals surface area contributed by atoms with Crippen LogP contribution < -0.4 is 21.7 Å². The SMILES string of the molecule is CCCCc1nc2c(N)nc3ccccc3c2n1CCCCNC(=O)c1ccc(N/C(=N/C(=O)O)NC(=O)OC(C)(C)C)cc1. The highest BCUT2D eigenvalue weighted by atomic mass is 16.6. The summed E-state index contributed by atoms with van der Waals surface area (Å²) in [5.41, 5.74) is 8.93. The highest BCUT2D eigenvalue weighted by molar-refractivity contribution is 6.07. The van der Waals surface area contributed by atoms with Gasteiger partial charge >= 0.3 is 12.2 Å². The molecule has 4 aromatic rings. The van der Waals surface area contributed by atoms with Gasteiger partial charge in [0.15, 0.2) is 5.82 Å². The van der Waals surface area contributed by atoms with Gasteiger partial charge in [-0.2, -0.15) is 0 Å². The number of aromatic nitrogens is 3. The highest BCUT2D eigenvalue weighted by Gasteiger charge is 2.19. The molecule has 0 unspecified atom stereocenters. The largest absolute Gasteiger partial charge is 0.463 e. The van der Waals surface area contributed by atoms with Crippen LogP contribution in [0.3, 0.4) is 0 Å². The van der Waals surface area contributed by atoms with Crippen LogP contribution in [0.4, 0.5) is 21.1 Å². The number of rotatable bonds is 10. The standard InChI is InChI=1S/C32H40N8O5/c1-5-6-13-24-37-25-26(22-11-7-8-12-23(22)36-27(25)33)40(24)19-10-9-18-34-28(41)20-14-16-21(17-15-20)35-29(38-30(42)43)39-31(44)45-32(2,3)4/h7-8,11-12,14-17H,5-6,9-10,13,18-19H2,1-4H3,(H2,33,36)(H,34,41)(H,42,43)(H2,35,38,39,44). The minimum Gasteiger partial charge on any atom is -0.463 e. The van der Waals surface area contributed by atoms with Crippen molar-refractivity contribution in [2.75, 3.05) is 17.6 Å². The average molecular weight is 617 g/mol. The van der Waals surface area contributed by atoms with Crippen molar-refractivity contribution in [1.29, 1.82) is 0 Å². The number of alkyl carbamates (subject to hydrolysis) is 1. The van der Waals surface area contributed by atoms with Crippen LogP contribution in [0.25, 0.3) is 21.9 Å². The fraction of sp³-hybridized carbons (Fsp3) is 0.375. The van der Waals surface area contributed by atoms with Crippen LogP contribution >= 0.6 is 0 Å². The Bertz CT molecular complexity index is 1710. The van der Waals surface area contributed by atoms with Gasteiger partial charge in [0.1, 0.15) is 16.9 Å². The van der Waals surface area contributed by atoms with E-state index in [2.05, 4.69) is 37.4 Å². The van der Waals surface area contributed by atoms with Crippen molar-refractivity contribution in [2.24, 2.45) is 4.99 Å². The molecule has 0 atom stereocenters. The van der Waals surface area contributed by atoms with E-state index in [0.717, 1.165) is 66.4 Å². The number of amides is 3. The summed E-state index contributed by atoms with van der Waals surface area (Å²) in [4.78, 5) is 48.7. The first-order valence-electron chi connectivity index (χ1n) is 15.0. The maximum atomic E-state index is 12.8. The number of carbonyl (C=O) groups is 3. The quantitative estimate of drug-likeness (QED) is 0.0847. The molecule has 0 saturated heterocycles. The predicted molar refractivity (Wildman–Crippen MR) is 175 cm³/mol. The molecule has 2 aromatic heterocycles. The van der Waals surface area contributed by atoms with Gasteiger partial charge in [-0.15, -0.1) is 4.99 Å². The summed E-state index contributed by atoms with van der Waals surface area (Å²) in [6.07, 6.45) is 2.13. The molecule has 45 heavy (non-hydrogen) atoms. The number of imidazole rings is 1. The van der Waals surface area contributed by atoms with Gasteiger partial charge in [0.25, 0.3) is 5.91 Å². The smallest absolute Gasteiger partial charge is 0.434 e. The number of unbranched alkanes of at least 4 members (excludes halogenated alkanes) is 2. The summed E-state index contributed by atoms with van der Waals surface area (Å²) in [7, 11) is 0. The number of nitrogen functional groups attached to an aromatic ring is 1. The molecule has 6 N–H and O–H groups in total. The fourth-order valence-electron chi connectivity index (χ4n) is 4.80. The third-order valence-electron chi connectivity index (χ3n) is 6.77. The minimum absolute atomic E-state index is 0.241. The predicted octanol–water partition coefficient (Wildman–Crippen LogP) is 5.69. The first-order chi connectivity index (χ1) is 21.4. The van der Waals surface area contributed by atoms with Gasteiger partial charge in [0.2, 0.25) is 5.96 Å². The Morgan fingerprint density at radius 3 is 2.44 bits per heavy atom. The molecule has 2 heterocycles. The maximum absolute atomic E-state index is 12.8. The lowest BCUT2D eigenvalue weighted by atomic mass is 10.1. The molecule has 2 aromatic carbocycles. The summed E-state index contributed by atoms with van der Waals surface area (Å²) in [5.74, 6) is 0.851. The van der Waals surface area contributed by atoms with Gasteiger partial charge in [-0.3, -0.25) is 10.1 Å². The Balaban J connectivity index is 1.34. The second-order valence-corrected chi connectivity index (χ2v) is 11.5. The summed E-state index contributed by atoms with van der Waals surface area (Å²) in [5, 5.41) is 18.0. The third kappa shape index (κ3) is 8.91. The fourth-order valence-corrected chi connectivity index (χ4v) is 4.80. The van der Waals surface area contributed by atoms with E-state index in [4.69, 9.17) is 20.6 Å². The van der Waals surface area contributed by atoms with Crippen LogP contribution in [-0.4, -0.2) is 55.8 Å². The number of carboxylic acid groups (broad SMARTS) is 1. The first-order valence-corrected chi connectivity index (χ1v) is 15.0. The molecule has 0 aliphatic heterocycles. The lowest BCUT2D eigenvalue weighted by Crippen LogP contribution is -2.40. The van der Waals surface area contributed by atoms with E-state index in [1.165, 1.54) is 0 Å². The van der Waals surface area contributed by atoms with E-state index < -0.39 is 17.8 Å². The summed E-state index contributed by atoms with van der Waals surface area (Å²) < 4.78 is 7.40. The maximum Gasteiger partial charge on any atom is 0.434 e. The molecule has 13 heteroatoms. The van der Waals surface area contributed by atoms with Gasteiger partial charge in [-0.25, -0.2) is 19.6 Å². The highest BCUT2D eigenvalue weighted by Crippen LogP contribution is 2.29. The number of pyridine rings is 1. The van der Waals surface area contributed by atoms with Crippen LogP contribution in [0.2, 0.25) is 0 Å². The molecule has 0 fully saturated rings. The molecule has 0 saturated carbocycles. The Kier molecular flexibility index (Phi) is 10.6. The number of aliphatic imine (C=N–C) groups is 1. The molecule has 0 spiro atoms. The van der Waals surface area contributed by atoms with Crippen molar-refractivity contribution in [1.82, 2.24) is 25.2 Å². The Morgan fingerprint density at radius 1 is 1.02 bits per heavy atom. The summed E-state index contributed by atoms with van der Waals surface area (Å²) in [6, 6.07) is 14.3. The number of ether oxygens (including phenoxy) is 1. The molecule has 0 bridgehead atoms. The molecule has 3 amide bonds. The van der Waals surface area contributed by atoms with Crippen molar-refractivity contribution >= 4 is 57.5 Å². The molecular weight excluding hydrogens is 576 g/mol. The number of benzene rings is 2. The minimum atomic E-state index is -1.50. The van der Waals surface area contributed by atoms with Crippen molar-refractivity contribution in [2.45, 2.75) is 71.9 Å². The van der Waals surface area contributed by atoms with Crippen molar-refractivity contribution < 1.29 is 24.2 Å². The van der Waals surface area contributed by atoms with Crippen molar-refractivity contribution in [3.63, 3.8) is 0 Å². The van der Waals surface area contributed by atoms with E-state index in [1.807, 2.05) is 24.3 Å². The number of hydrogen-bond donors (Lipinski definition) is 5. The second-order valence-electron chi connectivity index (χ2n) is 11.5. The molecule has 0 aliphatic carbocycles. The van der Waals surface area contributed by atoms with Crippen LogP contribution in [-0.2, 0) is 17.7 Å². The first kappa shape index (κ1) is 32.7. The Labute approximate surface area is 261 Å². The van der Waals surface area contributed by atoms with E-state index in [-0.39, 0.29) is 11.9 Å². The topological polar surface area (TPSA) is 186 Å². The van der Waals surface area contributed by atoms with Crippen LogP contribution in [0.5, 0.6) is 0 Å². The van der Waals surface area contributed by atoms with Gasteiger partial charge in [0, 0.05) is 36.1 Å². The van der Waals surface area contributed by atoms with Gasteiger partial charge in [0.05, 0.1) is 11.0 Å². The normalized spacial score (nSPS) is 11.9. The van der Waals surface area contributed by atoms with Gasteiger partial charge < -0.3 is 30.8 Å². The molecule has 238 valence electrons. The number of aryl methyl sites for hydroxylation is 2. The molecule has 13 nitrogen and oxygen atoms in total. The molecule has 4 rings (SSSR count). The average Bonchev–Trinajstić information content (AvgIpc) is 3.34. The van der Waals surface area contributed by atoms with Crippen LogP contribution in [0.15, 0.2) is 53.5 Å². The zero-order chi connectivity index (χ0) is 32.6. The third-order valence-corrected chi connectivity index (χ3v) is 6.77. The van der Waals surface area contributed by atoms with Gasteiger partial charge in [-0.05, 0) is 70.4 Å². The number of anilines is 2. The number of nitrogens with two attached hydrogens (primary N) is 1. The van der Waals surface area contributed by atoms with Gasteiger partial charge in [-0.1, -0.05) is 31.5 Å². The molecular formula is C32H40N8O5. The lowest BCUT2D eigenvalue weighted by Gasteiger charge is -2.20. The zero-order valence-electron chi connectivity index (χ0n) is 26.0. The van der Waals surface area contributed by atoms with Crippen molar-refractivity contribution in [3.8, 4) is 0 Å². The van der Waals surface area contributed by atoms with Crippen LogP contribution in [0, 0.1) is 0 Å². The number of guanidine groups is 1. The Hall–Kier alpha value is -5.20. The van der Waals surface area contributed by atoms with E-state index in [1.54, 1.807) is 45.0 Å². The number of hydrogen-bond acceptors (Lipinski definition) is 7. The molecule has 0 radical (unpaired) electrons. The van der Waals surface area contributed by atoms with E-state index in [0.29, 0.717) is 23.6 Å².